The molecule has 2 unspecified atom stereocenters. The maximum atomic E-state index is 12.8. The van der Waals surface area contributed by atoms with Crippen molar-refractivity contribution in [3.8, 4) is 0 Å². The standard InChI is InChI=1S/C14H17F3O2/c1-9(2)12(14(15,16)17)13(18)19-10(3)11-7-5-4-6-8-11/h4-10,12H,1-3H3. The van der Waals surface area contributed by atoms with Gasteiger partial charge < -0.3 is 4.74 Å². The maximum Gasteiger partial charge on any atom is 0.402 e. The number of hydrogen-bond donors (Lipinski definition) is 0. The Balaban J connectivity index is 2.78. The lowest BCUT2D eigenvalue weighted by atomic mass is 9.95. The highest BCUT2D eigenvalue weighted by Gasteiger charge is 2.48. The Bertz CT molecular complexity index is 412. The molecule has 0 heterocycles. The number of hydrogen-bond acceptors (Lipinski definition) is 2. The first-order chi connectivity index (χ1) is 8.73. The smallest absolute Gasteiger partial charge is 0.402 e. The third-order valence-electron chi connectivity index (χ3n) is 2.84. The fourth-order valence-electron chi connectivity index (χ4n) is 1.82. The SMILES string of the molecule is CC(OC(=O)C(C(C)C)C(F)(F)F)c1ccccc1. The molecule has 5 heteroatoms. The Hall–Kier alpha value is -1.52. The summed E-state index contributed by atoms with van der Waals surface area (Å²) in [6.07, 6.45) is -5.28. The van der Waals surface area contributed by atoms with Crippen molar-refractivity contribution >= 4 is 5.97 Å². The van der Waals surface area contributed by atoms with Gasteiger partial charge in [-0.1, -0.05) is 44.2 Å². The summed E-state index contributed by atoms with van der Waals surface area (Å²) in [5.41, 5.74) is 0.667. The topological polar surface area (TPSA) is 26.3 Å². The van der Waals surface area contributed by atoms with Crippen LogP contribution < -0.4 is 0 Å². The summed E-state index contributed by atoms with van der Waals surface area (Å²) < 4.78 is 43.2. The molecule has 106 valence electrons. The summed E-state index contributed by atoms with van der Waals surface area (Å²) in [6, 6.07) is 8.67. The van der Waals surface area contributed by atoms with E-state index >= 15 is 0 Å². The second-order valence-corrected chi connectivity index (χ2v) is 4.75. The zero-order valence-corrected chi connectivity index (χ0v) is 11.1. The van der Waals surface area contributed by atoms with Crippen LogP contribution >= 0.6 is 0 Å². The minimum Gasteiger partial charge on any atom is -0.457 e. The molecular weight excluding hydrogens is 257 g/mol. The Morgan fingerprint density at radius 3 is 2.05 bits per heavy atom. The van der Waals surface area contributed by atoms with Gasteiger partial charge in [0.15, 0.2) is 5.92 Å². The van der Waals surface area contributed by atoms with Gasteiger partial charge in [0.25, 0.3) is 0 Å². The number of esters is 1. The van der Waals surface area contributed by atoms with E-state index in [0.717, 1.165) is 0 Å². The molecule has 0 aliphatic rings. The van der Waals surface area contributed by atoms with E-state index in [4.69, 9.17) is 4.74 Å². The summed E-state index contributed by atoms with van der Waals surface area (Å²) in [4.78, 5) is 11.7. The van der Waals surface area contributed by atoms with E-state index in [1.54, 1.807) is 37.3 Å². The molecule has 0 N–H and O–H groups in total. The lowest BCUT2D eigenvalue weighted by Crippen LogP contribution is -2.36. The van der Waals surface area contributed by atoms with Crippen LogP contribution in [0.25, 0.3) is 0 Å². The first kappa shape index (κ1) is 15.5. The quantitative estimate of drug-likeness (QED) is 0.772. The van der Waals surface area contributed by atoms with Crippen LogP contribution in [0.3, 0.4) is 0 Å². The number of rotatable bonds is 4. The number of halogens is 3. The van der Waals surface area contributed by atoms with E-state index < -0.39 is 30.1 Å². The lowest BCUT2D eigenvalue weighted by Gasteiger charge is -2.24. The molecule has 0 fully saturated rings. The summed E-state index contributed by atoms with van der Waals surface area (Å²) in [5, 5.41) is 0. The molecule has 2 atom stereocenters. The Morgan fingerprint density at radius 2 is 1.63 bits per heavy atom. The Morgan fingerprint density at radius 1 is 1.11 bits per heavy atom. The summed E-state index contributed by atoms with van der Waals surface area (Å²) in [5.74, 6) is -4.16. The van der Waals surface area contributed by atoms with Crippen molar-refractivity contribution in [2.45, 2.75) is 33.1 Å². The van der Waals surface area contributed by atoms with Crippen molar-refractivity contribution < 1.29 is 22.7 Å². The normalized spacial score (nSPS) is 15.1. The van der Waals surface area contributed by atoms with Gasteiger partial charge in [-0.05, 0) is 18.4 Å². The van der Waals surface area contributed by atoms with Gasteiger partial charge in [-0.25, -0.2) is 0 Å². The van der Waals surface area contributed by atoms with Gasteiger partial charge in [0.2, 0.25) is 0 Å². The van der Waals surface area contributed by atoms with Gasteiger partial charge in [-0.2, -0.15) is 13.2 Å². The third-order valence-corrected chi connectivity index (χ3v) is 2.84. The first-order valence-electron chi connectivity index (χ1n) is 6.05. The van der Waals surface area contributed by atoms with Gasteiger partial charge in [0, 0.05) is 0 Å². The van der Waals surface area contributed by atoms with Crippen molar-refractivity contribution in [3.63, 3.8) is 0 Å². The van der Waals surface area contributed by atoms with Crippen LogP contribution in [0.5, 0.6) is 0 Å². The molecule has 1 aromatic carbocycles. The van der Waals surface area contributed by atoms with Crippen LogP contribution in [0, 0.1) is 11.8 Å². The second kappa shape index (κ2) is 6.08. The molecule has 0 aliphatic carbocycles. The van der Waals surface area contributed by atoms with Crippen molar-refractivity contribution in [2.24, 2.45) is 11.8 Å². The number of ether oxygens (including phenoxy) is 1. The molecule has 0 bridgehead atoms. The fourth-order valence-corrected chi connectivity index (χ4v) is 1.82. The molecule has 19 heavy (non-hydrogen) atoms. The third kappa shape index (κ3) is 4.26. The van der Waals surface area contributed by atoms with E-state index in [2.05, 4.69) is 0 Å². The number of carbonyl (C=O) groups is 1. The highest BCUT2D eigenvalue weighted by molar-refractivity contribution is 5.74. The number of benzene rings is 1. The van der Waals surface area contributed by atoms with Crippen LogP contribution in [0.1, 0.15) is 32.4 Å². The van der Waals surface area contributed by atoms with E-state index in [9.17, 15) is 18.0 Å². The molecule has 2 nitrogen and oxygen atoms in total. The molecule has 1 rings (SSSR count). The maximum absolute atomic E-state index is 12.8. The average Bonchev–Trinajstić information content (AvgIpc) is 2.27. The van der Waals surface area contributed by atoms with Crippen molar-refractivity contribution in [2.75, 3.05) is 0 Å². The highest BCUT2D eigenvalue weighted by atomic mass is 19.4. The zero-order valence-electron chi connectivity index (χ0n) is 11.1. The molecule has 1 aromatic rings. The van der Waals surface area contributed by atoms with E-state index in [0.29, 0.717) is 5.56 Å². The van der Waals surface area contributed by atoms with Crippen LogP contribution in [0.2, 0.25) is 0 Å². The van der Waals surface area contributed by atoms with Gasteiger partial charge >= 0.3 is 12.1 Å². The molecule has 0 spiro atoms. The van der Waals surface area contributed by atoms with Crippen LogP contribution in [0.15, 0.2) is 30.3 Å². The molecule has 0 saturated carbocycles. The molecular formula is C14H17F3O2. The summed E-state index contributed by atoms with van der Waals surface area (Å²) >= 11 is 0. The molecule has 0 radical (unpaired) electrons. The van der Waals surface area contributed by atoms with Crippen LogP contribution in [-0.2, 0) is 9.53 Å². The highest BCUT2D eigenvalue weighted by Crippen LogP contribution is 2.34. The van der Waals surface area contributed by atoms with Crippen molar-refractivity contribution in [1.29, 1.82) is 0 Å². The second-order valence-electron chi connectivity index (χ2n) is 4.75. The van der Waals surface area contributed by atoms with Crippen LogP contribution in [0.4, 0.5) is 13.2 Å². The van der Waals surface area contributed by atoms with E-state index in [1.165, 1.54) is 13.8 Å². The number of carbonyl (C=O) groups excluding carboxylic acids is 1. The molecule has 0 aromatic heterocycles. The lowest BCUT2D eigenvalue weighted by molar-refractivity contribution is -0.208. The summed E-state index contributed by atoms with van der Waals surface area (Å²) in [7, 11) is 0. The molecule has 0 saturated heterocycles. The fraction of sp³-hybridized carbons (Fsp3) is 0.500. The minimum absolute atomic E-state index is 0.667. The van der Waals surface area contributed by atoms with E-state index in [-0.39, 0.29) is 0 Å². The van der Waals surface area contributed by atoms with Gasteiger partial charge in [0.05, 0.1) is 0 Å². The first-order valence-corrected chi connectivity index (χ1v) is 6.05. The largest absolute Gasteiger partial charge is 0.457 e. The zero-order chi connectivity index (χ0) is 14.6. The Labute approximate surface area is 110 Å². The molecule has 0 amide bonds. The van der Waals surface area contributed by atoms with Gasteiger partial charge in [-0.15, -0.1) is 0 Å². The predicted octanol–water partition coefficient (Wildman–Crippen LogP) is 4.13. The Kier molecular flexibility index (Phi) is 4.97. The van der Waals surface area contributed by atoms with Gasteiger partial charge in [0.1, 0.15) is 6.10 Å². The van der Waals surface area contributed by atoms with Crippen molar-refractivity contribution in [3.05, 3.63) is 35.9 Å². The summed E-state index contributed by atoms with van der Waals surface area (Å²) in [6.45, 7) is 4.26. The predicted molar refractivity (Wildman–Crippen MR) is 65.3 cm³/mol. The number of alkyl halides is 3. The molecule has 0 aliphatic heterocycles. The van der Waals surface area contributed by atoms with Gasteiger partial charge in [-0.3, -0.25) is 4.79 Å². The van der Waals surface area contributed by atoms with Crippen LogP contribution in [-0.4, -0.2) is 12.1 Å². The monoisotopic (exact) mass is 274 g/mol. The minimum atomic E-state index is -4.58. The van der Waals surface area contributed by atoms with E-state index in [1.807, 2.05) is 0 Å². The average molecular weight is 274 g/mol. The van der Waals surface area contributed by atoms with Crippen molar-refractivity contribution in [1.82, 2.24) is 0 Å².